The van der Waals surface area contributed by atoms with Gasteiger partial charge in [-0.1, -0.05) is 65.0 Å². The molecule has 4 saturated carbocycles. The zero-order chi connectivity index (χ0) is 31.9. The highest BCUT2D eigenvalue weighted by molar-refractivity contribution is 5.88. The molecule has 0 amide bonds. The standard InChI is InChI=1S/C39H55NO4/c1-24(2)27-14-19-39(23-40-22-32(41)42)21-20-37(6)29(33(27)39)12-13-31-36(5)17-15-28(25-8-10-26(11-9-25)34(43)44)35(3,4)30(36)16-18-38(31,37)7/h8-11,15,27,29-31,33,40H,1,12-14,16-23H2,2-7H3,(H,41,42)(H,43,44)/t27-,29+,30-,31+,33+,36-,37+,38+,39+/m0/s1. The zero-order valence-electron chi connectivity index (χ0n) is 28.0. The van der Waals surface area contributed by atoms with E-state index in [-0.39, 0.29) is 33.6 Å². The van der Waals surface area contributed by atoms with Crippen LogP contribution in [0.3, 0.4) is 0 Å². The van der Waals surface area contributed by atoms with Crippen molar-refractivity contribution in [3.8, 4) is 0 Å². The van der Waals surface area contributed by atoms with Crippen LogP contribution in [0.5, 0.6) is 0 Å². The summed E-state index contributed by atoms with van der Waals surface area (Å²) in [7, 11) is 0. The van der Waals surface area contributed by atoms with Crippen molar-refractivity contribution in [3.63, 3.8) is 0 Å². The summed E-state index contributed by atoms with van der Waals surface area (Å²) in [6, 6.07) is 7.53. The molecule has 1 aromatic carbocycles. The number of benzene rings is 1. The largest absolute Gasteiger partial charge is 0.480 e. The monoisotopic (exact) mass is 601 g/mol. The van der Waals surface area contributed by atoms with Crippen LogP contribution in [0.1, 0.15) is 115 Å². The number of rotatable bonds is 7. The molecule has 6 rings (SSSR count). The van der Waals surface area contributed by atoms with Crippen LogP contribution in [0.25, 0.3) is 5.57 Å². The third kappa shape index (κ3) is 4.42. The van der Waals surface area contributed by atoms with Gasteiger partial charge in [-0.2, -0.15) is 0 Å². The van der Waals surface area contributed by atoms with Gasteiger partial charge in [-0.25, -0.2) is 4.79 Å². The molecule has 240 valence electrons. The van der Waals surface area contributed by atoms with E-state index in [0.29, 0.717) is 35.2 Å². The lowest BCUT2D eigenvalue weighted by molar-refractivity contribution is -0.225. The molecule has 5 aliphatic rings. The number of hydrogen-bond donors (Lipinski definition) is 3. The molecule has 0 radical (unpaired) electrons. The minimum Gasteiger partial charge on any atom is -0.480 e. The predicted octanol–water partition coefficient (Wildman–Crippen LogP) is 8.71. The quantitative estimate of drug-likeness (QED) is 0.272. The van der Waals surface area contributed by atoms with Gasteiger partial charge in [0.2, 0.25) is 0 Å². The van der Waals surface area contributed by atoms with Crippen LogP contribution >= 0.6 is 0 Å². The smallest absolute Gasteiger partial charge is 0.335 e. The molecule has 3 N–H and O–H groups in total. The van der Waals surface area contributed by atoms with Crippen LogP contribution in [0.15, 0.2) is 42.5 Å². The molecule has 5 heteroatoms. The molecule has 5 nitrogen and oxygen atoms in total. The van der Waals surface area contributed by atoms with E-state index in [0.717, 1.165) is 13.0 Å². The Kier molecular flexibility index (Phi) is 7.59. The fraction of sp³-hybridized carbons (Fsp3) is 0.692. The van der Waals surface area contributed by atoms with Crippen molar-refractivity contribution in [2.24, 2.45) is 56.7 Å². The van der Waals surface area contributed by atoms with E-state index in [1.807, 2.05) is 12.1 Å². The van der Waals surface area contributed by atoms with Gasteiger partial charge in [0.05, 0.1) is 12.1 Å². The first-order valence-corrected chi connectivity index (χ1v) is 17.2. The van der Waals surface area contributed by atoms with E-state index in [1.165, 1.54) is 68.1 Å². The van der Waals surface area contributed by atoms with Crippen LogP contribution < -0.4 is 5.32 Å². The predicted molar refractivity (Wildman–Crippen MR) is 176 cm³/mol. The zero-order valence-corrected chi connectivity index (χ0v) is 28.0. The molecule has 0 aliphatic heterocycles. The summed E-state index contributed by atoms with van der Waals surface area (Å²) in [6.45, 7) is 20.4. The van der Waals surface area contributed by atoms with E-state index in [2.05, 4.69) is 59.5 Å². The average Bonchev–Trinajstić information content (AvgIpc) is 3.33. The Morgan fingerprint density at radius 1 is 0.886 bits per heavy atom. The van der Waals surface area contributed by atoms with E-state index in [1.54, 1.807) is 12.1 Å². The van der Waals surface area contributed by atoms with Gasteiger partial charge >= 0.3 is 11.9 Å². The molecule has 9 atom stereocenters. The van der Waals surface area contributed by atoms with Crippen molar-refractivity contribution in [1.29, 1.82) is 0 Å². The van der Waals surface area contributed by atoms with Crippen molar-refractivity contribution in [2.45, 2.75) is 99.3 Å². The number of fused-ring (bicyclic) bond motifs is 7. The van der Waals surface area contributed by atoms with Crippen LogP contribution in [0.4, 0.5) is 0 Å². The molecular weight excluding hydrogens is 546 g/mol. The second-order valence-corrected chi connectivity index (χ2v) is 17.0. The van der Waals surface area contributed by atoms with Crippen molar-refractivity contribution >= 4 is 17.5 Å². The maximum atomic E-state index is 11.5. The second kappa shape index (κ2) is 10.6. The van der Waals surface area contributed by atoms with E-state index in [4.69, 9.17) is 0 Å². The van der Waals surface area contributed by atoms with Crippen molar-refractivity contribution in [2.75, 3.05) is 13.1 Å². The molecule has 1 aromatic rings. The van der Waals surface area contributed by atoms with Gasteiger partial charge in [-0.05, 0) is 145 Å². The number of aromatic carboxylic acids is 1. The molecule has 0 saturated heterocycles. The maximum absolute atomic E-state index is 11.5. The Hall–Kier alpha value is -2.40. The number of carboxylic acid groups (broad SMARTS) is 2. The van der Waals surface area contributed by atoms with Gasteiger partial charge < -0.3 is 15.5 Å². The number of nitrogens with one attached hydrogen (secondary N) is 1. The minimum absolute atomic E-state index is 0.00481. The molecule has 0 spiro atoms. The van der Waals surface area contributed by atoms with Gasteiger partial charge in [0.1, 0.15) is 0 Å². The highest BCUT2D eigenvalue weighted by Crippen LogP contribution is 2.77. The molecule has 0 bridgehead atoms. The summed E-state index contributed by atoms with van der Waals surface area (Å²) in [5.74, 6) is 1.34. The molecule has 4 fully saturated rings. The first kappa shape index (κ1) is 31.6. The Labute approximate surface area is 265 Å². The molecule has 44 heavy (non-hydrogen) atoms. The van der Waals surface area contributed by atoms with E-state index < -0.39 is 11.9 Å². The number of allylic oxidation sites excluding steroid dienone is 3. The third-order valence-electron chi connectivity index (χ3n) is 15.0. The summed E-state index contributed by atoms with van der Waals surface area (Å²) in [5, 5.41) is 22.2. The van der Waals surface area contributed by atoms with E-state index in [9.17, 15) is 19.8 Å². The summed E-state index contributed by atoms with van der Waals surface area (Å²) >= 11 is 0. The first-order chi connectivity index (χ1) is 20.6. The van der Waals surface area contributed by atoms with Gasteiger partial charge in [0, 0.05) is 6.54 Å². The number of carboxylic acids is 2. The minimum atomic E-state index is -0.875. The van der Waals surface area contributed by atoms with Crippen molar-refractivity contribution in [1.82, 2.24) is 5.32 Å². The highest BCUT2D eigenvalue weighted by Gasteiger charge is 2.70. The molecular formula is C39H55NO4. The number of aliphatic carboxylic acids is 1. The summed E-state index contributed by atoms with van der Waals surface area (Å²) in [5.41, 5.74) is 5.13. The van der Waals surface area contributed by atoms with Gasteiger partial charge in [0.15, 0.2) is 0 Å². The maximum Gasteiger partial charge on any atom is 0.335 e. The summed E-state index contributed by atoms with van der Waals surface area (Å²) < 4.78 is 0. The Balaban J connectivity index is 1.33. The molecule has 0 heterocycles. The van der Waals surface area contributed by atoms with Crippen LogP contribution in [-0.2, 0) is 4.79 Å². The molecule has 0 aromatic heterocycles. The Morgan fingerprint density at radius 2 is 1.59 bits per heavy atom. The second-order valence-electron chi connectivity index (χ2n) is 17.0. The average molecular weight is 602 g/mol. The van der Waals surface area contributed by atoms with Gasteiger partial charge in [-0.15, -0.1) is 0 Å². The summed E-state index contributed by atoms with van der Waals surface area (Å²) in [4.78, 5) is 22.9. The van der Waals surface area contributed by atoms with Crippen LogP contribution in [-0.4, -0.2) is 35.2 Å². The van der Waals surface area contributed by atoms with Crippen LogP contribution in [0, 0.1) is 56.7 Å². The van der Waals surface area contributed by atoms with E-state index >= 15 is 0 Å². The van der Waals surface area contributed by atoms with Crippen LogP contribution in [0.2, 0.25) is 0 Å². The number of hydrogen-bond acceptors (Lipinski definition) is 3. The third-order valence-corrected chi connectivity index (χ3v) is 15.0. The lowest BCUT2D eigenvalue weighted by Gasteiger charge is -2.72. The Bertz CT molecular complexity index is 1380. The normalized spacial score (nSPS) is 42.2. The lowest BCUT2D eigenvalue weighted by atomic mass is 9.32. The first-order valence-electron chi connectivity index (χ1n) is 17.2. The Morgan fingerprint density at radius 3 is 2.23 bits per heavy atom. The van der Waals surface area contributed by atoms with Gasteiger partial charge in [0.25, 0.3) is 0 Å². The number of carbonyl (C=O) groups is 2. The topological polar surface area (TPSA) is 86.6 Å². The fourth-order valence-corrected chi connectivity index (χ4v) is 12.9. The molecule has 5 aliphatic carbocycles. The van der Waals surface area contributed by atoms with Gasteiger partial charge in [-0.3, -0.25) is 4.79 Å². The SMILES string of the molecule is C=C(C)[C@@H]1CC[C@]2(CNCC(=O)O)CC[C@]3(C)[C@H](CC[C@@H]4[C@@]5(C)CC=C(c6ccc(C(=O)O)cc6)C(C)(C)[C@@H]5CC[C@]43C)[C@@H]12. The van der Waals surface area contributed by atoms with Crippen molar-refractivity contribution < 1.29 is 19.8 Å². The highest BCUT2D eigenvalue weighted by atomic mass is 16.4. The molecule has 0 unspecified atom stereocenters. The van der Waals surface area contributed by atoms with Crippen molar-refractivity contribution in [3.05, 3.63) is 53.6 Å². The summed E-state index contributed by atoms with van der Waals surface area (Å²) in [6.07, 6.45) is 13.4. The lowest BCUT2D eigenvalue weighted by Crippen LogP contribution is -2.65. The fourth-order valence-electron chi connectivity index (χ4n) is 12.9.